The van der Waals surface area contributed by atoms with Gasteiger partial charge in [0.25, 0.3) is 0 Å². The van der Waals surface area contributed by atoms with Gasteiger partial charge in [-0.05, 0) is 68.0 Å². The SMILES string of the molecule is Cc1ccc([C@@H](C)NC(=O)[C@@H]2CCCN(S(=O)(=O)Cc3ccc(Cl)cc3)C2)cc1C. The van der Waals surface area contributed by atoms with E-state index in [1.165, 1.54) is 15.4 Å². The van der Waals surface area contributed by atoms with Crippen LogP contribution in [-0.2, 0) is 20.6 Å². The van der Waals surface area contributed by atoms with Gasteiger partial charge in [0.2, 0.25) is 15.9 Å². The third-order valence-electron chi connectivity index (χ3n) is 5.80. The molecule has 7 heteroatoms. The molecule has 5 nitrogen and oxygen atoms in total. The van der Waals surface area contributed by atoms with E-state index < -0.39 is 10.0 Å². The molecule has 1 saturated heterocycles. The van der Waals surface area contributed by atoms with Crippen LogP contribution in [0.15, 0.2) is 42.5 Å². The first kappa shape index (κ1) is 22.8. The smallest absolute Gasteiger partial charge is 0.224 e. The van der Waals surface area contributed by atoms with Crippen LogP contribution in [0.3, 0.4) is 0 Å². The van der Waals surface area contributed by atoms with Crippen LogP contribution in [0.1, 0.15) is 48.1 Å². The van der Waals surface area contributed by atoms with Gasteiger partial charge in [-0.15, -0.1) is 0 Å². The maximum Gasteiger partial charge on any atom is 0.224 e. The van der Waals surface area contributed by atoms with E-state index in [1.54, 1.807) is 24.3 Å². The molecule has 3 rings (SSSR count). The lowest BCUT2D eigenvalue weighted by molar-refractivity contribution is -0.126. The van der Waals surface area contributed by atoms with Gasteiger partial charge in [0, 0.05) is 18.1 Å². The zero-order valence-corrected chi connectivity index (χ0v) is 19.3. The fourth-order valence-electron chi connectivity index (χ4n) is 3.74. The van der Waals surface area contributed by atoms with Crippen LogP contribution >= 0.6 is 11.6 Å². The van der Waals surface area contributed by atoms with Gasteiger partial charge >= 0.3 is 0 Å². The van der Waals surface area contributed by atoms with Crippen molar-refractivity contribution in [3.63, 3.8) is 0 Å². The summed E-state index contributed by atoms with van der Waals surface area (Å²) < 4.78 is 27.2. The van der Waals surface area contributed by atoms with Gasteiger partial charge in [-0.1, -0.05) is 41.9 Å². The van der Waals surface area contributed by atoms with Crippen molar-refractivity contribution in [2.45, 2.75) is 45.4 Å². The van der Waals surface area contributed by atoms with Crippen LogP contribution in [0, 0.1) is 19.8 Å². The molecule has 2 aromatic carbocycles. The van der Waals surface area contributed by atoms with Crippen molar-refractivity contribution in [1.29, 1.82) is 0 Å². The van der Waals surface area contributed by atoms with E-state index in [9.17, 15) is 13.2 Å². The van der Waals surface area contributed by atoms with Gasteiger partial charge in [-0.3, -0.25) is 4.79 Å². The molecule has 2 atom stereocenters. The molecule has 0 saturated carbocycles. The first-order valence-corrected chi connectivity index (χ1v) is 12.2. The average Bonchev–Trinajstić information content (AvgIpc) is 2.71. The number of halogens is 1. The molecule has 2 aromatic rings. The van der Waals surface area contributed by atoms with Gasteiger partial charge in [0.15, 0.2) is 0 Å². The van der Waals surface area contributed by atoms with Gasteiger partial charge in [0.05, 0.1) is 17.7 Å². The van der Waals surface area contributed by atoms with E-state index >= 15 is 0 Å². The lowest BCUT2D eigenvalue weighted by atomic mass is 9.97. The van der Waals surface area contributed by atoms with Gasteiger partial charge in [-0.25, -0.2) is 12.7 Å². The van der Waals surface area contributed by atoms with Crippen molar-refractivity contribution in [3.05, 3.63) is 69.7 Å². The fourth-order valence-corrected chi connectivity index (χ4v) is 5.48. The number of rotatable bonds is 6. The quantitative estimate of drug-likeness (QED) is 0.713. The lowest BCUT2D eigenvalue weighted by Crippen LogP contribution is -2.46. The van der Waals surface area contributed by atoms with Gasteiger partial charge < -0.3 is 5.32 Å². The molecule has 1 heterocycles. The maximum absolute atomic E-state index is 12.9. The van der Waals surface area contributed by atoms with E-state index in [2.05, 4.69) is 31.3 Å². The molecule has 30 heavy (non-hydrogen) atoms. The number of carbonyl (C=O) groups is 1. The molecule has 0 unspecified atom stereocenters. The van der Waals surface area contributed by atoms with Crippen molar-refractivity contribution in [1.82, 2.24) is 9.62 Å². The predicted molar refractivity (Wildman–Crippen MR) is 121 cm³/mol. The second-order valence-electron chi connectivity index (χ2n) is 8.15. The number of hydrogen-bond donors (Lipinski definition) is 1. The molecule has 1 aliphatic rings. The zero-order chi connectivity index (χ0) is 21.9. The van der Waals surface area contributed by atoms with E-state index in [4.69, 9.17) is 11.6 Å². The van der Waals surface area contributed by atoms with Crippen molar-refractivity contribution in [2.75, 3.05) is 13.1 Å². The van der Waals surface area contributed by atoms with Crippen LogP contribution in [0.4, 0.5) is 0 Å². The summed E-state index contributed by atoms with van der Waals surface area (Å²) >= 11 is 5.88. The molecule has 0 aliphatic carbocycles. The third-order valence-corrected chi connectivity index (χ3v) is 7.87. The number of carbonyl (C=O) groups excluding carboxylic acids is 1. The number of amides is 1. The molecule has 0 aromatic heterocycles. The minimum Gasteiger partial charge on any atom is -0.349 e. The second kappa shape index (κ2) is 9.50. The Labute approximate surface area is 184 Å². The van der Waals surface area contributed by atoms with E-state index in [0.717, 1.165) is 5.56 Å². The Kier molecular flexibility index (Phi) is 7.22. The van der Waals surface area contributed by atoms with Gasteiger partial charge in [0.1, 0.15) is 0 Å². The number of nitrogens with one attached hydrogen (secondary N) is 1. The van der Waals surface area contributed by atoms with Crippen LogP contribution in [-0.4, -0.2) is 31.7 Å². The molecule has 162 valence electrons. The molecule has 0 radical (unpaired) electrons. The van der Waals surface area contributed by atoms with E-state index in [0.29, 0.717) is 30.0 Å². The van der Waals surface area contributed by atoms with Crippen LogP contribution in [0.25, 0.3) is 0 Å². The second-order valence-corrected chi connectivity index (χ2v) is 10.6. The minimum absolute atomic E-state index is 0.0858. The summed E-state index contributed by atoms with van der Waals surface area (Å²) in [6.07, 6.45) is 1.37. The predicted octanol–water partition coefficient (Wildman–Crippen LogP) is 4.38. The fraction of sp³-hybridized carbons (Fsp3) is 0.435. The average molecular weight is 449 g/mol. The Morgan fingerprint density at radius 2 is 1.87 bits per heavy atom. The van der Waals surface area contributed by atoms with Crippen molar-refractivity contribution >= 4 is 27.5 Å². The van der Waals surface area contributed by atoms with Crippen LogP contribution in [0.2, 0.25) is 5.02 Å². The van der Waals surface area contributed by atoms with Crippen LogP contribution in [0.5, 0.6) is 0 Å². The molecule has 1 amide bonds. The monoisotopic (exact) mass is 448 g/mol. The topological polar surface area (TPSA) is 66.5 Å². The molecule has 0 spiro atoms. The zero-order valence-electron chi connectivity index (χ0n) is 17.7. The number of aryl methyl sites for hydroxylation is 2. The maximum atomic E-state index is 12.9. The molecule has 1 N–H and O–H groups in total. The Hall–Kier alpha value is -1.89. The highest BCUT2D eigenvalue weighted by Crippen LogP contribution is 2.24. The van der Waals surface area contributed by atoms with Crippen LogP contribution < -0.4 is 5.32 Å². The standard InChI is InChI=1S/C23H29ClN2O3S/c1-16-6-9-20(13-17(16)2)18(3)25-23(27)21-5-4-12-26(14-21)30(28,29)15-19-7-10-22(24)11-8-19/h6-11,13,18,21H,4-5,12,14-15H2,1-3H3,(H,25,27)/t18-,21-/m1/s1. The number of piperidine rings is 1. The summed E-state index contributed by atoms with van der Waals surface area (Å²) in [4.78, 5) is 12.9. The summed E-state index contributed by atoms with van der Waals surface area (Å²) in [5.41, 5.74) is 4.14. The Morgan fingerprint density at radius 1 is 1.17 bits per heavy atom. The number of sulfonamides is 1. The molecule has 1 fully saturated rings. The first-order chi connectivity index (χ1) is 14.2. The summed E-state index contributed by atoms with van der Waals surface area (Å²) in [5.74, 6) is -0.516. The van der Waals surface area contributed by atoms with Gasteiger partial charge in [-0.2, -0.15) is 0 Å². The molecular formula is C23H29ClN2O3S. The van der Waals surface area contributed by atoms with Crippen molar-refractivity contribution in [2.24, 2.45) is 5.92 Å². The highest BCUT2D eigenvalue weighted by Gasteiger charge is 2.32. The largest absolute Gasteiger partial charge is 0.349 e. The summed E-state index contributed by atoms with van der Waals surface area (Å²) in [6, 6.07) is 12.9. The molecular weight excluding hydrogens is 420 g/mol. The summed E-state index contributed by atoms with van der Waals surface area (Å²) in [5, 5.41) is 3.64. The molecule has 0 bridgehead atoms. The lowest BCUT2D eigenvalue weighted by Gasteiger charge is -2.32. The highest BCUT2D eigenvalue weighted by atomic mass is 35.5. The number of hydrogen-bond acceptors (Lipinski definition) is 3. The van der Waals surface area contributed by atoms with Crippen molar-refractivity contribution < 1.29 is 13.2 Å². The number of nitrogens with zero attached hydrogens (tertiary/aromatic N) is 1. The van der Waals surface area contributed by atoms with E-state index in [1.807, 2.05) is 13.0 Å². The van der Waals surface area contributed by atoms with Crippen molar-refractivity contribution in [3.8, 4) is 0 Å². The normalized spacial score (nSPS) is 18.7. The van der Waals surface area contributed by atoms with E-state index in [-0.39, 0.29) is 30.2 Å². The molecule has 1 aliphatic heterocycles. The first-order valence-electron chi connectivity index (χ1n) is 10.3. The summed E-state index contributed by atoms with van der Waals surface area (Å²) in [7, 11) is -3.50. The third kappa shape index (κ3) is 5.62. The minimum atomic E-state index is -3.50. The highest BCUT2D eigenvalue weighted by molar-refractivity contribution is 7.88. The summed E-state index contributed by atoms with van der Waals surface area (Å²) in [6.45, 7) is 6.75. The Balaban J connectivity index is 1.63. The number of benzene rings is 2. The Bertz CT molecular complexity index is 1010. The Morgan fingerprint density at radius 3 is 2.53 bits per heavy atom.